The molecule has 0 radical (unpaired) electrons. The second-order valence-corrected chi connectivity index (χ2v) is 8.60. The molecular formula is C21H19ClN4O3S. The predicted octanol–water partition coefficient (Wildman–Crippen LogP) is 3.39. The molecule has 1 N–H and O–H groups in total. The van der Waals surface area contributed by atoms with E-state index in [1.165, 1.54) is 24.4 Å². The fraction of sp³-hybridized carbons (Fsp3) is 0.0952. The summed E-state index contributed by atoms with van der Waals surface area (Å²) in [7, 11) is -4.02. The largest absolute Gasteiger partial charge is 0.271 e. The topological polar surface area (TPSA) is 91.7 Å². The average Bonchev–Trinajstić information content (AvgIpc) is 2.75. The van der Waals surface area contributed by atoms with Gasteiger partial charge in [-0.1, -0.05) is 41.9 Å². The van der Waals surface area contributed by atoms with Crippen LogP contribution >= 0.6 is 11.6 Å². The molecular weight excluding hydrogens is 424 g/mol. The predicted molar refractivity (Wildman–Crippen MR) is 117 cm³/mol. The number of pyridine rings is 1. The SMILES string of the molecule is Cc1ccc(Cl)cc1N(CC(=O)N/N=C\c1ccccn1)S(=O)(=O)c1ccccc1. The Morgan fingerprint density at radius 1 is 1.13 bits per heavy atom. The summed E-state index contributed by atoms with van der Waals surface area (Å²) in [6, 6.07) is 18.0. The number of carbonyl (C=O) groups is 1. The minimum absolute atomic E-state index is 0.0640. The first-order valence-electron chi connectivity index (χ1n) is 8.95. The van der Waals surface area contributed by atoms with E-state index in [1.54, 1.807) is 61.7 Å². The van der Waals surface area contributed by atoms with Gasteiger partial charge in [0.15, 0.2) is 0 Å². The summed E-state index contributed by atoms with van der Waals surface area (Å²) in [6.07, 6.45) is 2.97. The van der Waals surface area contributed by atoms with Crippen molar-refractivity contribution in [3.05, 3.63) is 89.2 Å². The fourth-order valence-electron chi connectivity index (χ4n) is 2.66. The molecule has 0 aliphatic rings. The van der Waals surface area contributed by atoms with Gasteiger partial charge in [-0.2, -0.15) is 5.10 Å². The summed E-state index contributed by atoms with van der Waals surface area (Å²) < 4.78 is 27.6. The molecule has 3 rings (SSSR count). The van der Waals surface area contributed by atoms with Gasteiger partial charge in [-0.25, -0.2) is 13.8 Å². The van der Waals surface area contributed by atoms with E-state index in [4.69, 9.17) is 11.6 Å². The maximum atomic E-state index is 13.3. The Morgan fingerprint density at radius 3 is 2.57 bits per heavy atom. The zero-order valence-corrected chi connectivity index (χ0v) is 17.6. The second kappa shape index (κ2) is 9.51. The first kappa shape index (κ1) is 21.5. The highest BCUT2D eigenvalue weighted by Gasteiger charge is 2.28. The third kappa shape index (κ3) is 5.22. The van der Waals surface area contributed by atoms with E-state index >= 15 is 0 Å². The van der Waals surface area contributed by atoms with Crippen LogP contribution in [-0.2, 0) is 14.8 Å². The number of benzene rings is 2. The Bertz CT molecular complexity index is 1150. The highest BCUT2D eigenvalue weighted by molar-refractivity contribution is 7.92. The minimum atomic E-state index is -4.02. The number of aryl methyl sites for hydroxylation is 1. The first-order chi connectivity index (χ1) is 14.4. The van der Waals surface area contributed by atoms with E-state index in [2.05, 4.69) is 15.5 Å². The standard InChI is InChI=1S/C21H19ClN4O3S/c1-16-10-11-17(22)13-20(16)26(30(28,29)19-8-3-2-4-9-19)15-21(27)25-24-14-18-7-5-6-12-23-18/h2-14H,15H2,1H3,(H,25,27)/b24-14-. The van der Waals surface area contributed by atoms with Crippen LogP contribution in [0.15, 0.2) is 82.9 Å². The van der Waals surface area contributed by atoms with Crippen LogP contribution in [0.25, 0.3) is 0 Å². The van der Waals surface area contributed by atoms with Crippen molar-refractivity contribution in [3.63, 3.8) is 0 Å². The maximum Gasteiger partial charge on any atom is 0.264 e. The van der Waals surface area contributed by atoms with Gasteiger partial charge >= 0.3 is 0 Å². The third-order valence-corrected chi connectivity index (χ3v) is 6.14. The number of rotatable bonds is 7. The molecule has 0 saturated heterocycles. The molecule has 3 aromatic rings. The molecule has 7 nitrogen and oxygen atoms in total. The van der Waals surface area contributed by atoms with Gasteiger partial charge < -0.3 is 0 Å². The molecule has 1 heterocycles. The quantitative estimate of drug-likeness (QED) is 0.448. The van der Waals surface area contributed by atoms with Gasteiger partial charge in [0.1, 0.15) is 6.54 Å². The number of anilines is 1. The smallest absolute Gasteiger partial charge is 0.264 e. The summed E-state index contributed by atoms with van der Waals surface area (Å²) in [5, 5.41) is 4.21. The summed E-state index contributed by atoms with van der Waals surface area (Å²) in [6.45, 7) is 1.27. The number of halogens is 1. The normalized spacial score (nSPS) is 11.4. The van der Waals surface area contributed by atoms with Crippen molar-refractivity contribution in [2.75, 3.05) is 10.8 Å². The van der Waals surface area contributed by atoms with Crippen LogP contribution in [0.1, 0.15) is 11.3 Å². The zero-order valence-electron chi connectivity index (χ0n) is 16.1. The molecule has 1 aromatic heterocycles. The van der Waals surface area contributed by atoms with Crippen LogP contribution in [-0.4, -0.2) is 32.1 Å². The molecule has 0 aliphatic carbocycles. The van der Waals surface area contributed by atoms with Gasteiger partial charge in [0.2, 0.25) is 0 Å². The van der Waals surface area contributed by atoms with Crippen molar-refractivity contribution in [3.8, 4) is 0 Å². The average molecular weight is 443 g/mol. The Kier molecular flexibility index (Phi) is 6.81. The molecule has 0 fully saturated rings. The Balaban J connectivity index is 1.89. The highest BCUT2D eigenvalue weighted by atomic mass is 35.5. The van der Waals surface area contributed by atoms with Crippen LogP contribution in [0.2, 0.25) is 5.02 Å². The zero-order chi connectivity index (χ0) is 21.6. The Hall–Kier alpha value is -3.23. The fourth-order valence-corrected chi connectivity index (χ4v) is 4.32. The van der Waals surface area contributed by atoms with Gasteiger partial charge in [0.05, 0.1) is 22.5 Å². The molecule has 0 bridgehead atoms. The third-order valence-electron chi connectivity index (χ3n) is 4.13. The number of nitrogens with one attached hydrogen (secondary N) is 1. The molecule has 1 amide bonds. The van der Waals surface area contributed by atoms with Crippen molar-refractivity contribution in [1.29, 1.82) is 0 Å². The van der Waals surface area contributed by atoms with E-state index in [9.17, 15) is 13.2 Å². The lowest BCUT2D eigenvalue weighted by Gasteiger charge is -2.25. The minimum Gasteiger partial charge on any atom is -0.271 e. The molecule has 0 atom stereocenters. The molecule has 2 aromatic carbocycles. The molecule has 0 unspecified atom stereocenters. The molecule has 30 heavy (non-hydrogen) atoms. The second-order valence-electron chi connectivity index (χ2n) is 6.30. The number of sulfonamides is 1. The number of hydrazone groups is 1. The number of hydrogen-bond donors (Lipinski definition) is 1. The van der Waals surface area contributed by atoms with E-state index in [1.807, 2.05) is 0 Å². The van der Waals surface area contributed by atoms with Crippen molar-refractivity contribution >= 4 is 39.4 Å². The number of carbonyl (C=O) groups excluding carboxylic acids is 1. The summed E-state index contributed by atoms with van der Waals surface area (Å²) in [5.41, 5.74) is 3.86. The van der Waals surface area contributed by atoms with E-state index in [0.29, 0.717) is 22.0 Å². The number of hydrogen-bond acceptors (Lipinski definition) is 5. The van der Waals surface area contributed by atoms with Gasteiger partial charge in [0.25, 0.3) is 15.9 Å². The lowest BCUT2D eigenvalue weighted by molar-refractivity contribution is -0.119. The van der Waals surface area contributed by atoms with Crippen molar-refractivity contribution < 1.29 is 13.2 Å². The van der Waals surface area contributed by atoms with Crippen molar-refractivity contribution in [1.82, 2.24) is 10.4 Å². The summed E-state index contributed by atoms with van der Waals surface area (Å²) in [5.74, 6) is -0.610. The summed E-state index contributed by atoms with van der Waals surface area (Å²) >= 11 is 6.09. The van der Waals surface area contributed by atoms with Crippen LogP contribution in [0.3, 0.4) is 0 Å². The summed E-state index contributed by atoms with van der Waals surface area (Å²) in [4.78, 5) is 16.6. The molecule has 154 valence electrons. The number of aromatic nitrogens is 1. The first-order valence-corrected chi connectivity index (χ1v) is 10.8. The van der Waals surface area contributed by atoms with Crippen LogP contribution < -0.4 is 9.73 Å². The Morgan fingerprint density at radius 2 is 1.87 bits per heavy atom. The lowest BCUT2D eigenvalue weighted by Crippen LogP contribution is -2.40. The highest BCUT2D eigenvalue weighted by Crippen LogP contribution is 2.29. The van der Waals surface area contributed by atoms with Gasteiger partial charge in [-0.3, -0.25) is 14.1 Å². The van der Waals surface area contributed by atoms with Crippen LogP contribution in [0.5, 0.6) is 0 Å². The van der Waals surface area contributed by atoms with Gasteiger partial charge in [-0.15, -0.1) is 0 Å². The molecule has 0 aliphatic heterocycles. The van der Waals surface area contributed by atoms with Crippen molar-refractivity contribution in [2.45, 2.75) is 11.8 Å². The number of nitrogens with zero attached hydrogens (tertiary/aromatic N) is 3. The maximum absolute atomic E-state index is 13.3. The molecule has 0 spiro atoms. The van der Waals surface area contributed by atoms with Crippen LogP contribution in [0, 0.1) is 6.92 Å². The van der Waals surface area contributed by atoms with Crippen molar-refractivity contribution in [2.24, 2.45) is 5.10 Å². The Labute approximate surface area is 180 Å². The van der Waals surface area contributed by atoms with Gasteiger partial charge in [-0.05, 0) is 48.9 Å². The number of amides is 1. The van der Waals surface area contributed by atoms with Crippen LogP contribution in [0.4, 0.5) is 5.69 Å². The lowest BCUT2D eigenvalue weighted by atomic mass is 10.2. The monoisotopic (exact) mass is 442 g/mol. The molecule has 9 heteroatoms. The van der Waals surface area contributed by atoms with E-state index in [0.717, 1.165) is 4.31 Å². The molecule has 0 saturated carbocycles. The van der Waals surface area contributed by atoms with E-state index < -0.39 is 22.5 Å². The van der Waals surface area contributed by atoms with E-state index in [-0.39, 0.29) is 4.90 Å². The van der Waals surface area contributed by atoms with Gasteiger partial charge in [0, 0.05) is 11.2 Å².